The van der Waals surface area contributed by atoms with Crippen LogP contribution in [0.2, 0.25) is 0 Å². The summed E-state index contributed by atoms with van der Waals surface area (Å²) in [5.74, 6) is -0.755. The van der Waals surface area contributed by atoms with Crippen molar-refractivity contribution < 1.29 is 13.9 Å². The van der Waals surface area contributed by atoms with Crippen molar-refractivity contribution in [2.24, 2.45) is 4.99 Å². The molecule has 0 aliphatic heterocycles. The van der Waals surface area contributed by atoms with Crippen molar-refractivity contribution in [2.75, 3.05) is 13.2 Å². The topological polar surface area (TPSA) is 43.6 Å². The Labute approximate surface area is 149 Å². The van der Waals surface area contributed by atoms with E-state index in [4.69, 9.17) is 4.74 Å². The molecule has 0 atom stereocenters. The fraction of sp³-hybridized carbons (Fsp3) is 0.263. The summed E-state index contributed by atoms with van der Waals surface area (Å²) in [7, 11) is 0. The predicted octanol–water partition coefficient (Wildman–Crippen LogP) is 3.93. The largest absolute Gasteiger partial charge is 0.380 e. The molecule has 0 N–H and O–H groups in total. The van der Waals surface area contributed by atoms with Crippen LogP contribution < -0.4 is 4.80 Å². The molecule has 0 fully saturated rings. The number of hydrogen-bond donors (Lipinski definition) is 0. The van der Waals surface area contributed by atoms with E-state index in [2.05, 4.69) is 11.1 Å². The standard InChI is InChI=1S/C19H19FN2O2S/c1-3-24-11-10-22-16-9-4-13(2)12-17(16)25-19(22)21-18(23)14-5-7-15(20)8-6-14/h4-9,12H,3,10-11H2,1-2H3. The first-order valence-corrected chi connectivity index (χ1v) is 8.92. The number of nitrogens with zero attached hydrogens (tertiary/aromatic N) is 2. The number of carbonyl (C=O) groups excluding carboxylic acids is 1. The molecule has 0 spiro atoms. The number of rotatable bonds is 5. The molecule has 2 aromatic carbocycles. The molecule has 0 saturated heterocycles. The summed E-state index contributed by atoms with van der Waals surface area (Å²) in [6.07, 6.45) is 0. The first-order chi connectivity index (χ1) is 12.1. The summed E-state index contributed by atoms with van der Waals surface area (Å²) < 4.78 is 21.6. The summed E-state index contributed by atoms with van der Waals surface area (Å²) in [6, 6.07) is 11.6. The summed E-state index contributed by atoms with van der Waals surface area (Å²) >= 11 is 1.47. The fourth-order valence-corrected chi connectivity index (χ4v) is 3.68. The second kappa shape index (κ2) is 7.72. The molecular weight excluding hydrogens is 339 g/mol. The van der Waals surface area contributed by atoms with E-state index in [9.17, 15) is 9.18 Å². The Balaban J connectivity index is 2.04. The average Bonchev–Trinajstić information content (AvgIpc) is 2.92. The third kappa shape index (κ3) is 4.03. The molecule has 0 aliphatic rings. The van der Waals surface area contributed by atoms with Gasteiger partial charge in [0.05, 0.1) is 16.8 Å². The number of benzene rings is 2. The highest BCUT2D eigenvalue weighted by atomic mass is 32.1. The number of thiazole rings is 1. The second-order valence-corrected chi connectivity index (χ2v) is 6.64. The smallest absolute Gasteiger partial charge is 0.279 e. The van der Waals surface area contributed by atoms with Crippen LogP contribution in [0.1, 0.15) is 22.8 Å². The fourth-order valence-electron chi connectivity index (χ4n) is 2.53. The van der Waals surface area contributed by atoms with Gasteiger partial charge in [0.2, 0.25) is 0 Å². The first-order valence-electron chi connectivity index (χ1n) is 8.11. The van der Waals surface area contributed by atoms with Crippen LogP contribution in [0.25, 0.3) is 10.2 Å². The van der Waals surface area contributed by atoms with Crippen molar-refractivity contribution in [1.82, 2.24) is 4.57 Å². The highest BCUT2D eigenvalue weighted by molar-refractivity contribution is 7.16. The van der Waals surface area contributed by atoms with Gasteiger partial charge >= 0.3 is 0 Å². The van der Waals surface area contributed by atoms with Crippen LogP contribution >= 0.6 is 11.3 Å². The lowest BCUT2D eigenvalue weighted by atomic mass is 10.2. The van der Waals surface area contributed by atoms with Gasteiger partial charge in [0.15, 0.2) is 4.80 Å². The van der Waals surface area contributed by atoms with Gasteiger partial charge in [-0.25, -0.2) is 4.39 Å². The number of carbonyl (C=O) groups is 1. The number of ether oxygens (including phenoxy) is 1. The van der Waals surface area contributed by atoms with Crippen LogP contribution in [0, 0.1) is 12.7 Å². The van der Waals surface area contributed by atoms with Gasteiger partial charge in [0, 0.05) is 18.7 Å². The van der Waals surface area contributed by atoms with Crippen molar-refractivity contribution in [3.8, 4) is 0 Å². The van der Waals surface area contributed by atoms with E-state index in [0.29, 0.717) is 30.1 Å². The van der Waals surface area contributed by atoms with E-state index < -0.39 is 0 Å². The molecule has 0 bridgehead atoms. The molecule has 0 saturated carbocycles. The molecule has 4 nitrogen and oxygen atoms in total. The monoisotopic (exact) mass is 358 g/mol. The molecule has 25 heavy (non-hydrogen) atoms. The Hall–Kier alpha value is -2.31. The summed E-state index contributed by atoms with van der Waals surface area (Å²) in [5, 5.41) is 0. The maximum Gasteiger partial charge on any atom is 0.279 e. The average molecular weight is 358 g/mol. The lowest BCUT2D eigenvalue weighted by molar-refractivity contribution is 0.0996. The Morgan fingerprint density at radius 1 is 1.24 bits per heavy atom. The van der Waals surface area contributed by atoms with Gasteiger partial charge in [0.25, 0.3) is 5.91 Å². The van der Waals surface area contributed by atoms with Gasteiger partial charge in [-0.3, -0.25) is 4.79 Å². The van der Waals surface area contributed by atoms with Gasteiger partial charge < -0.3 is 9.30 Å². The molecule has 1 aromatic heterocycles. The lowest BCUT2D eigenvalue weighted by Crippen LogP contribution is -2.19. The zero-order valence-electron chi connectivity index (χ0n) is 14.2. The Kier molecular flexibility index (Phi) is 5.40. The van der Waals surface area contributed by atoms with Crippen LogP contribution in [-0.2, 0) is 11.3 Å². The summed E-state index contributed by atoms with van der Waals surface area (Å²) in [4.78, 5) is 17.3. The van der Waals surface area contributed by atoms with E-state index in [0.717, 1.165) is 15.8 Å². The minimum Gasteiger partial charge on any atom is -0.380 e. The van der Waals surface area contributed by atoms with Crippen molar-refractivity contribution in [3.05, 3.63) is 64.2 Å². The van der Waals surface area contributed by atoms with Gasteiger partial charge in [0.1, 0.15) is 5.82 Å². The molecule has 0 unspecified atom stereocenters. The molecule has 1 amide bonds. The molecule has 0 radical (unpaired) electrons. The van der Waals surface area contributed by atoms with E-state index >= 15 is 0 Å². The number of amides is 1. The summed E-state index contributed by atoms with van der Waals surface area (Å²) in [6.45, 7) is 5.79. The van der Waals surface area contributed by atoms with Crippen LogP contribution in [0.3, 0.4) is 0 Å². The minimum absolute atomic E-state index is 0.367. The van der Waals surface area contributed by atoms with Crippen molar-refractivity contribution in [1.29, 1.82) is 0 Å². The Bertz CT molecular complexity index is 958. The number of halogens is 1. The highest BCUT2D eigenvalue weighted by Crippen LogP contribution is 2.19. The van der Waals surface area contributed by atoms with E-state index in [1.807, 2.05) is 30.5 Å². The molecular formula is C19H19FN2O2S. The van der Waals surface area contributed by atoms with E-state index in [-0.39, 0.29) is 11.7 Å². The number of aromatic nitrogens is 1. The van der Waals surface area contributed by atoms with Gasteiger partial charge in [-0.15, -0.1) is 0 Å². The minimum atomic E-state index is -0.381. The van der Waals surface area contributed by atoms with E-state index in [1.54, 1.807) is 0 Å². The second-order valence-electron chi connectivity index (χ2n) is 5.63. The first kappa shape index (κ1) is 17.5. The van der Waals surface area contributed by atoms with Crippen LogP contribution in [0.15, 0.2) is 47.5 Å². The van der Waals surface area contributed by atoms with Gasteiger partial charge in [-0.2, -0.15) is 4.99 Å². The maximum absolute atomic E-state index is 13.0. The molecule has 130 valence electrons. The molecule has 1 heterocycles. The number of aryl methyl sites for hydroxylation is 1. The van der Waals surface area contributed by atoms with Crippen molar-refractivity contribution >= 4 is 27.5 Å². The molecule has 6 heteroatoms. The van der Waals surface area contributed by atoms with Crippen LogP contribution in [-0.4, -0.2) is 23.7 Å². The molecule has 3 rings (SSSR count). The summed E-state index contributed by atoms with van der Waals surface area (Å²) in [5.41, 5.74) is 2.55. The SMILES string of the molecule is CCOCCn1c(=NC(=O)c2ccc(F)cc2)sc2cc(C)ccc21. The Morgan fingerprint density at radius 2 is 2.00 bits per heavy atom. The van der Waals surface area contributed by atoms with Crippen LogP contribution in [0.5, 0.6) is 0 Å². The zero-order valence-corrected chi connectivity index (χ0v) is 15.0. The van der Waals surface area contributed by atoms with Gasteiger partial charge in [-0.05, 0) is 55.8 Å². The number of hydrogen-bond acceptors (Lipinski definition) is 3. The van der Waals surface area contributed by atoms with Crippen molar-refractivity contribution in [3.63, 3.8) is 0 Å². The third-order valence-corrected chi connectivity index (χ3v) is 4.83. The number of fused-ring (bicyclic) bond motifs is 1. The zero-order chi connectivity index (χ0) is 17.8. The normalized spacial score (nSPS) is 12.0. The van der Waals surface area contributed by atoms with Crippen LogP contribution in [0.4, 0.5) is 4.39 Å². The highest BCUT2D eigenvalue weighted by Gasteiger charge is 2.09. The quantitative estimate of drug-likeness (QED) is 0.649. The predicted molar refractivity (Wildman–Crippen MR) is 97.3 cm³/mol. The molecule has 3 aromatic rings. The lowest BCUT2D eigenvalue weighted by Gasteiger charge is -2.05. The van der Waals surface area contributed by atoms with Gasteiger partial charge in [-0.1, -0.05) is 17.4 Å². The third-order valence-electron chi connectivity index (χ3n) is 3.79. The van der Waals surface area contributed by atoms with Crippen molar-refractivity contribution in [2.45, 2.75) is 20.4 Å². The van der Waals surface area contributed by atoms with E-state index in [1.165, 1.54) is 35.6 Å². The Morgan fingerprint density at radius 3 is 2.72 bits per heavy atom. The maximum atomic E-state index is 13.0. The molecule has 0 aliphatic carbocycles.